The van der Waals surface area contributed by atoms with Gasteiger partial charge in [0.25, 0.3) is 0 Å². The molecular formula is C27H24F3NO4. The number of hydrogen-bond donors (Lipinski definition) is 0. The predicted octanol–water partition coefficient (Wildman–Crippen LogP) is 6.50. The summed E-state index contributed by atoms with van der Waals surface area (Å²) in [6, 6.07) is 20.6. The van der Waals surface area contributed by atoms with Gasteiger partial charge >= 0.3 is 12.3 Å². The Bertz CT molecular complexity index is 1200. The first-order valence-electron chi connectivity index (χ1n) is 11.1. The lowest BCUT2D eigenvalue weighted by Gasteiger charge is -2.23. The zero-order valence-corrected chi connectivity index (χ0v) is 19.2. The predicted molar refractivity (Wildman–Crippen MR) is 123 cm³/mol. The highest BCUT2D eigenvalue weighted by Gasteiger charge is 2.45. The van der Waals surface area contributed by atoms with Gasteiger partial charge in [-0.25, -0.2) is 9.69 Å². The van der Waals surface area contributed by atoms with Gasteiger partial charge in [-0.1, -0.05) is 60.7 Å². The Morgan fingerprint density at radius 3 is 2.29 bits per heavy atom. The minimum absolute atomic E-state index is 0.0162. The van der Waals surface area contributed by atoms with E-state index in [2.05, 4.69) is 0 Å². The number of halogens is 3. The average Bonchev–Trinajstić information content (AvgIpc) is 3.16. The van der Waals surface area contributed by atoms with E-state index >= 15 is 0 Å². The summed E-state index contributed by atoms with van der Waals surface area (Å²) in [6.07, 6.45) is -6.12. The van der Waals surface area contributed by atoms with Crippen LogP contribution in [0.4, 0.5) is 18.0 Å². The van der Waals surface area contributed by atoms with Crippen LogP contribution in [-0.4, -0.2) is 22.9 Å². The maximum absolute atomic E-state index is 13.6. The molecule has 1 saturated heterocycles. The normalized spacial score (nSPS) is 18.8. The van der Waals surface area contributed by atoms with Crippen LogP contribution in [0.15, 0.2) is 78.9 Å². The van der Waals surface area contributed by atoms with Gasteiger partial charge in [-0.3, -0.25) is 4.79 Å². The number of hydrogen-bond acceptors (Lipinski definition) is 4. The summed E-state index contributed by atoms with van der Waals surface area (Å²) >= 11 is 0. The molecule has 0 saturated carbocycles. The third-order valence-corrected chi connectivity index (χ3v) is 6.01. The molecule has 3 aromatic carbocycles. The van der Waals surface area contributed by atoms with Crippen molar-refractivity contribution in [3.63, 3.8) is 0 Å². The fourth-order valence-corrected chi connectivity index (χ4v) is 4.06. The smallest absolute Gasteiger partial charge is 0.417 e. The van der Waals surface area contributed by atoms with Crippen molar-refractivity contribution in [3.8, 4) is 5.75 Å². The van der Waals surface area contributed by atoms with E-state index < -0.39 is 41.8 Å². The van der Waals surface area contributed by atoms with Crippen molar-refractivity contribution < 1.29 is 32.2 Å². The van der Waals surface area contributed by atoms with Crippen molar-refractivity contribution in [1.29, 1.82) is 0 Å². The number of alkyl halides is 3. The molecule has 1 aliphatic rings. The Kier molecular flexibility index (Phi) is 6.82. The topological polar surface area (TPSA) is 55.8 Å². The van der Waals surface area contributed by atoms with Crippen LogP contribution in [0.25, 0.3) is 0 Å². The number of cyclic esters (lactones) is 1. The number of amides is 2. The van der Waals surface area contributed by atoms with Crippen LogP contribution in [0.3, 0.4) is 0 Å². The maximum atomic E-state index is 13.6. The molecule has 0 aromatic heterocycles. The number of imide groups is 1. The second kappa shape index (κ2) is 9.82. The first kappa shape index (κ1) is 24.3. The third-order valence-electron chi connectivity index (χ3n) is 6.01. The van der Waals surface area contributed by atoms with Gasteiger partial charge < -0.3 is 9.47 Å². The first-order chi connectivity index (χ1) is 16.6. The summed E-state index contributed by atoms with van der Waals surface area (Å²) in [4.78, 5) is 26.9. The van der Waals surface area contributed by atoms with E-state index in [1.807, 2.05) is 12.1 Å². The standard InChI is InChI=1S/C27H24F3NO4/c1-17(25(32)31-18(2)24(35-26(31)33)20-11-7-4-8-12-20)21-13-22(27(28,29)30)15-23(14-21)34-16-19-9-5-3-6-10-19/h3-15,17-18,24H,16H2,1-2H3. The highest BCUT2D eigenvalue weighted by atomic mass is 19.4. The van der Waals surface area contributed by atoms with Crippen molar-refractivity contribution in [3.05, 3.63) is 101 Å². The number of carbonyl (C=O) groups excluding carboxylic acids is 2. The van der Waals surface area contributed by atoms with E-state index in [0.717, 1.165) is 28.2 Å². The molecule has 1 fully saturated rings. The van der Waals surface area contributed by atoms with Crippen LogP contribution in [0, 0.1) is 0 Å². The molecule has 0 aliphatic carbocycles. The van der Waals surface area contributed by atoms with E-state index in [4.69, 9.17) is 9.47 Å². The van der Waals surface area contributed by atoms with Gasteiger partial charge in [-0.05, 0) is 48.7 Å². The lowest BCUT2D eigenvalue weighted by molar-refractivity contribution is -0.138. The minimum Gasteiger partial charge on any atom is -0.489 e. The average molecular weight is 483 g/mol. The fourth-order valence-electron chi connectivity index (χ4n) is 4.06. The molecule has 0 radical (unpaired) electrons. The molecule has 35 heavy (non-hydrogen) atoms. The zero-order valence-electron chi connectivity index (χ0n) is 19.2. The van der Waals surface area contributed by atoms with Crippen molar-refractivity contribution in [1.82, 2.24) is 4.90 Å². The van der Waals surface area contributed by atoms with Crippen molar-refractivity contribution in [2.75, 3.05) is 0 Å². The molecule has 0 bridgehead atoms. The number of ether oxygens (including phenoxy) is 2. The molecule has 1 aliphatic heterocycles. The van der Waals surface area contributed by atoms with E-state index in [1.165, 1.54) is 13.0 Å². The Labute approximate surface area is 201 Å². The third kappa shape index (κ3) is 5.31. The van der Waals surface area contributed by atoms with Gasteiger partial charge in [0.2, 0.25) is 5.91 Å². The molecule has 182 valence electrons. The Balaban J connectivity index is 1.59. The number of benzene rings is 3. The summed E-state index contributed by atoms with van der Waals surface area (Å²) in [7, 11) is 0. The van der Waals surface area contributed by atoms with Gasteiger partial charge in [0.05, 0.1) is 17.5 Å². The second-order valence-corrected chi connectivity index (χ2v) is 8.45. The van der Waals surface area contributed by atoms with Crippen molar-refractivity contribution in [2.45, 2.75) is 44.7 Å². The molecule has 0 N–H and O–H groups in total. The Hall–Kier alpha value is -3.81. The number of carbonyl (C=O) groups is 2. The quantitative estimate of drug-likeness (QED) is 0.402. The molecule has 1 heterocycles. The molecule has 3 atom stereocenters. The summed E-state index contributed by atoms with van der Waals surface area (Å²) < 4.78 is 51.9. The molecule has 8 heteroatoms. The van der Waals surface area contributed by atoms with Crippen molar-refractivity contribution >= 4 is 12.0 Å². The van der Waals surface area contributed by atoms with Gasteiger partial charge in [0, 0.05) is 0 Å². The zero-order chi connectivity index (χ0) is 25.2. The first-order valence-corrected chi connectivity index (χ1v) is 11.1. The van der Waals surface area contributed by atoms with Crippen LogP contribution in [0.2, 0.25) is 0 Å². The second-order valence-electron chi connectivity index (χ2n) is 8.45. The summed E-state index contributed by atoms with van der Waals surface area (Å²) in [5, 5.41) is 0. The van der Waals surface area contributed by atoms with Crippen LogP contribution < -0.4 is 4.74 Å². The molecule has 3 aromatic rings. The van der Waals surface area contributed by atoms with Crippen molar-refractivity contribution in [2.24, 2.45) is 0 Å². The summed E-state index contributed by atoms with van der Waals surface area (Å²) in [5.74, 6) is -1.70. The van der Waals surface area contributed by atoms with Crippen LogP contribution in [0.1, 0.15) is 48.1 Å². The molecule has 5 nitrogen and oxygen atoms in total. The lowest BCUT2D eigenvalue weighted by Crippen LogP contribution is -2.40. The molecule has 4 rings (SSSR count). The van der Waals surface area contributed by atoms with Crippen LogP contribution >= 0.6 is 0 Å². The molecule has 2 amide bonds. The molecular weight excluding hydrogens is 459 g/mol. The monoisotopic (exact) mass is 483 g/mol. The summed E-state index contributed by atoms with van der Waals surface area (Å²) in [6.45, 7) is 3.21. The van der Waals surface area contributed by atoms with Gasteiger partial charge in [0.15, 0.2) is 0 Å². The molecule has 0 spiro atoms. The molecule has 3 unspecified atom stereocenters. The number of rotatable bonds is 6. The van der Waals surface area contributed by atoms with Gasteiger partial charge in [-0.15, -0.1) is 0 Å². The van der Waals surface area contributed by atoms with Crippen LogP contribution in [0.5, 0.6) is 5.75 Å². The van der Waals surface area contributed by atoms with Gasteiger partial charge in [-0.2, -0.15) is 13.2 Å². The maximum Gasteiger partial charge on any atom is 0.417 e. The van der Waals surface area contributed by atoms with E-state index in [9.17, 15) is 22.8 Å². The number of nitrogens with zero attached hydrogens (tertiary/aromatic N) is 1. The minimum atomic E-state index is -4.64. The Morgan fingerprint density at radius 2 is 1.66 bits per heavy atom. The van der Waals surface area contributed by atoms with Gasteiger partial charge in [0.1, 0.15) is 18.5 Å². The highest BCUT2D eigenvalue weighted by Crippen LogP contribution is 2.37. The van der Waals surface area contributed by atoms with E-state index in [-0.39, 0.29) is 17.9 Å². The summed E-state index contributed by atoms with van der Waals surface area (Å²) in [5.41, 5.74) is 0.677. The van der Waals surface area contributed by atoms with E-state index in [0.29, 0.717) is 0 Å². The lowest BCUT2D eigenvalue weighted by atomic mass is 9.95. The fraction of sp³-hybridized carbons (Fsp3) is 0.259. The van der Waals surface area contributed by atoms with Crippen LogP contribution in [-0.2, 0) is 22.3 Å². The highest BCUT2D eigenvalue weighted by molar-refractivity contribution is 5.97. The SMILES string of the molecule is CC(C(=O)N1C(=O)OC(c2ccccc2)C1C)c1cc(OCc2ccccc2)cc(C(F)(F)F)c1. The Morgan fingerprint density at radius 1 is 1.03 bits per heavy atom. The van der Waals surface area contributed by atoms with E-state index in [1.54, 1.807) is 55.5 Å². The largest absolute Gasteiger partial charge is 0.489 e.